The number of rotatable bonds is 2. The summed E-state index contributed by atoms with van der Waals surface area (Å²) in [7, 11) is 1.72. The third-order valence-corrected chi connectivity index (χ3v) is 4.58. The molecule has 1 aliphatic heterocycles. The van der Waals surface area contributed by atoms with Gasteiger partial charge in [0.2, 0.25) is 0 Å². The van der Waals surface area contributed by atoms with Crippen molar-refractivity contribution in [1.82, 2.24) is 4.90 Å². The van der Waals surface area contributed by atoms with E-state index in [2.05, 4.69) is 11.0 Å². The Morgan fingerprint density at radius 2 is 2.10 bits per heavy atom. The summed E-state index contributed by atoms with van der Waals surface area (Å²) in [5.41, 5.74) is 9.56. The molecule has 20 heavy (non-hydrogen) atoms. The molecule has 4 nitrogen and oxygen atoms in total. The summed E-state index contributed by atoms with van der Waals surface area (Å²) < 4.78 is 11.0. The van der Waals surface area contributed by atoms with E-state index < -0.39 is 0 Å². The molecular weight excluding hydrogens is 252 g/mol. The van der Waals surface area contributed by atoms with Crippen LogP contribution in [0.25, 0.3) is 0 Å². The Bertz CT molecular complexity index is 470. The van der Waals surface area contributed by atoms with Gasteiger partial charge in [0.1, 0.15) is 5.75 Å². The van der Waals surface area contributed by atoms with Gasteiger partial charge in [0.05, 0.1) is 26.0 Å². The fourth-order valence-electron chi connectivity index (χ4n) is 3.51. The zero-order valence-electron chi connectivity index (χ0n) is 12.2. The van der Waals surface area contributed by atoms with Crippen LogP contribution in [0, 0.1) is 0 Å². The van der Waals surface area contributed by atoms with Gasteiger partial charge in [-0.1, -0.05) is 6.07 Å². The number of benzene rings is 1. The lowest BCUT2D eigenvalue weighted by Gasteiger charge is -2.34. The van der Waals surface area contributed by atoms with Crippen molar-refractivity contribution in [3.63, 3.8) is 0 Å². The number of nitrogens with zero attached hydrogens (tertiary/aromatic N) is 1. The molecule has 0 saturated carbocycles. The Morgan fingerprint density at radius 3 is 2.85 bits per heavy atom. The molecule has 1 unspecified atom stereocenters. The maximum Gasteiger partial charge on any atom is 0.145 e. The zero-order chi connectivity index (χ0) is 13.9. The molecule has 2 aliphatic rings. The van der Waals surface area contributed by atoms with Crippen LogP contribution in [0.15, 0.2) is 12.1 Å². The largest absolute Gasteiger partial charge is 0.494 e. The summed E-state index contributed by atoms with van der Waals surface area (Å²) >= 11 is 0. The smallest absolute Gasteiger partial charge is 0.145 e. The van der Waals surface area contributed by atoms with Gasteiger partial charge in [-0.3, -0.25) is 4.90 Å². The quantitative estimate of drug-likeness (QED) is 0.661. The van der Waals surface area contributed by atoms with Crippen LogP contribution >= 0.6 is 0 Å². The minimum atomic E-state index is 0.593. The maximum atomic E-state index is 6.07. The Labute approximate surface area is 120 Å². The molecule has 1 aromatic rings. The van der Waals surface area contributed by atoms with Crippen LogP contribution in [-0.2, 0) is 17.6 Å². The third kappa shape index (κ3) is 2.63. The second kappa shape index (κ2) is 6.02. The summed E-state index contributed by atoms with van der Waals surface area (Å²) in [5.74, 6) is 0.891. The Morgan fingerprint density at radius 1 is 1.30 bits per heavy atom. The van der Waals surface area contributed by atoms with E-state index in [0.29, 0.717) is 6.04 Å². The van der Waals surface area contributed by atoms with Gasteiger partial charge >= 0.3 is 0 Å². The van der Waals surface area contributed by atoms with Crippen LogP contribution in [0.4, 0.5) is 5.69 Å². The average Bonchev–Trinajstić information content (AvgIpc) is 2.70. The van der Waals surface area contributed by atoms with Crippen molar-refractivity contribution in [1.29, 1.82) is 0 Å². The fraction of sp³-hybridized carbons (Fsp3) is 0.625. The highest BCUT2D eigenvalue weighted by Crippen LogP contribution is 2.34. The molecule has 3 rings (SSSR count). The van der Waals surface area contributed by atoms with Gasteiger partial charge < -0.3 is 15.2 Å². The number of anilines is 1. The number of hydrogen-bond acceptors (Lipinski definition) is 4. The number of aryl methyl sites for hydroxylation is 1. The molecule has 110 valence electrons. The molecule has 1 fully saturated rings. The van der Waals surface area contributed by atoms with Crippen LogP contribution in [0.2, 0.25) is 0 Å². The molecule has 2 N–H and O–H groups in total. The van der Waals surface area contributed by atoms with Gasteiger partial charge in [0.15, 0.2) is 0 Å². The molecule has 4 heteroatoms. The van der Waals surface area contributed by atoms with E-state index in [-0.39, 0.29) is 0 Å². The van der Waals surface area contributed by atoms with Gasteiger partial charge in [-0.25, -0.2) is 0 Å². The standard InChI is InChI=1S/C16H24N2O2/c1-19-16-14-11-13(18-7-9-20-10-8-18)4-2-3-12(14)5-6-15(16)17/h5-6,13H,2-4,7-11,17H2,1H3. The highest BCUT2D eigenvalue weighted by Gasteiger charge is 2.26. The molecule has 0 spiro atoms. The molecule has 0 bridgehead atoms. The van der Waals surface area contributed by atoms with Crippen molar-refractivity contribution in [3.8, 4) is 5.75 Å². The van der Waals surface area contributed by atoms with Crippen LogP contribution in [0.3, 0.4) is 0 Å². The fourth-order valence-corrected chi connectivity index (χ4v) is 3.51. The van der Waals surface area contributed by atoms with E-state index in [0.717, 1.165) is 50.6 Å². The van der Waals surface area contributed by atoms with Gasteiger partial charge in [-0.2, -0.15) is 0 Å². The summed E-state index contributed by atoms with van der Waals surface area (Å²) in [6, 6.07) is 4.75. The summed E-state index contributed by atoms with van der Waals surface area (Å²) in [6.45, 7) is 3.81. The number of fused-ring (bicyclic) bond motifs is 1. The predicted molar refractivity (Wildman–Crippen MR) is 80.2 cm³/mol. The molecule has 0 radical (unpaired) electrons. The molecule has 1 aromatic carbocycles. The van der Waals surface area contributed by atoms with Crippen molar-refractivity contribution >= 4 is 5.69 Å². The maximum absolute atomic E-state index is 6.07. The van der Waals surface area contributed by atoms with Crippen molar-refractivity contribution < 1.29 is 9.47 Å². The van der Waals surface area contributed by atoms with Crippen molar-refractivity contribution in [2.24, 2.45) is 0 Å². The van der Waals surface area contributed by atoms with Crippen LogP contribution < -0.4 is 10.5 Å². The summed E-state index contributed by atoms with van der Waals surface area (Å²) in [5, 5.41) is 0. The van der Waals surface area contributed by atoms with Gasteiger partial charge in [0.25, 0.3) is 0 Å². The molecular formula is C16H24N2O2. The molecule has 0 amide bonds. The van der Waals surface area contributed by atoms with Crippen molar-refractivity contribution in [2.75, 3.05) is 39.1 Å². The predicted octanol–water partition coefficient (Wildman–Crippen LogP) is 1.86. The molecule has 0 aromatic heterocycles. The first-order chi connectivity index (χ1) is 9.79. The number of nitrogen functional groups attached to an aromatic ring is 1. The van der Waals surface area contributed by atoms with E-state index in [9.17, 15) is 0 Å². The van der Waals surface area contributed by atoms with E-state index in [1.165, 1.54) is 24.0 Å². The topological polar surface area (TPSA) is 47.7 Å². The summed E-state index contributed by atoms with van der Waals surface area (Å²) in [6.07, 6.45) is 4.66. The number of ether oxygens (including phenoxy) is 2. The minimum absolute atomic E-state index is 0.593. The first kappa shape index (κ1) is 13.7. The molecule has 1 saturated heterocycles. The number of methoxy groups -OCH3 is 1. The third-order valence-electron chi connectivity index (χ3n) is 4.58. The van der Waals surface area contributed by atoms with E-state index >= 15 is 0 Å². The minimum Gasteiger partial charge on any atom is -0.494 e. The lowest BCUT2D eigenvalue weighted by Crippen LogP contribution is -2.44. The highest BCUT2D eigenvalue weighted by molar-refractivity contribution is 5.60. The Balaban J connectivity index is 1.87. The average molecular weight is 276 g/mol. The Hall–Kier alpha value is -1.26. The van der Waals surface area contributed by atoms with Crippen LogP contribution in [0.1, 0.15) is 24.0 Å². The van der Waals surface area contributed by atoms with Gasteiger partial charge in [-0.05, 0) is 37.3 Å². The Kier molecular flexibility index (Phi) is 4.13. The first-order valence-electron chi connectivity index (χ1n) is 7.55. The van der Waals surface area contributed by atoms with Gasteiger partial charge in [0, 0.05) is 24.7 Å². The number of morpholine rings is 1. The SMILES string of the molecule is COc1c(N)ccc2c1CC(N1CCOCC1)CCC2. The molecule has 1 aliphatic carbocycles. The van der Waals surface area contributed by atoms with Crippen LogP contribution in [0.5, 0.6) is 5.75 Å². The normalized spacial score (nSPS) is 23.9. The summed E-state index contributed by atoms with van der Waals surface area (Å²) in [4.78, 5) is 2.57. The second-order valence-electron chi connectivity index (χ2n) is 5.72. The number of hydrogen-bond donors (Lipinski definition) is 1. The lowest BCUT2D eigenvalue weighted by atomic mass is 9.98. The van der Waals surface area contributed by atoms with Crippen molar-refractivity contribution in [3.05, 3.63) is 23.3 Å². The first-order valence-corrected chi connectivity index (χ1v) is 7.55. The molecule has 1 heterocycles. The van der Waals surface area contributed by atoms with Crippen molar-refractivity contribution in [2.45, 2.75) is 31.7 Å². The monoisotopic (exact) mass is 276 g/mol. The number of nitrogens with two attached hydrogens (primary N) is 1. The zero-order valence-corrected chi connectivity index (χ0v) is 12.2. The van der Waals surface area contributed by atoms with E-state index in [4.69, 9.17) is 15.2 Å². The van der Waals surface area contributed by atoms with E-state index in [1.54, 1.807) is 7.11 Å². The highest BCUT2D eigenvalue weighted by atomic mass is 16.5. The van der Waals surface area contributed by atoms with Gasteiger partial charge in [-0.15, -0.1) is 0 Å². The molecule has 1 atom stereocenters. The van der Waals surface area contributed by atoms with Crippen LogP contribution in [-0.4, -0.2) is 44.4 Å². The second-order valence-corrected chi connectivity index (χ2v) is 5.72. The van der Waals surface area contributed by atoms with E-state index in [1.807, 2.05) is 6.07 Å². The lowest BCUT2D eigenvalue weighted by molar-refractivity contribution is 0.0148.